The van der Waals surface area contributed by atoms with Gasteiger partial charge >= 0.3 is 6.03 Å². The highest BCUT2D eigenvalue weighted by Gasteiger charge is 2.25. The number of amides is 3. The molecule has 1 atom stereocenters. The molecule has 1 unspecified atom stereocenters. The molecule has 1 rings (SSSR count). The van der Waals surface area contributed by atoms with Crippen LogP contribution < -0.4 is 16.5 Å². The topological polar surface area (TPSA) is 108 Å². The zero-order valence-electron chi connectivity index (χ0n) is 7.69. The molecule has 14 heavy (non-hydrogen) atoms. The molecular formula is C7H14N4O3. The fourth-order valence-corrected chi connectivity index (χ4v) is 1.34. The van der Waals surface area contributed by atoms with Gasteiger partial charge < -0.3 is 16.0 Å². The van der Waals surface area contributed by atoms with Gasteiger partial charge in [0.1, 0.15) is 6.54 Å². The molecule has 0 aromatic carbocycles. The molecule has 1 aliphatic rings. The van der Waals surface area contributed by atoms with Crippen molar-refractivity contribution in [3.05, 3.63) is 0 Å². The number of likely N-dealkylation sites (tertiary alicyclic amines) is 1. The summed E-state index contributed by atoms with van der Waals surface area (Å²) in [5, 5.41) is 10.5. The summed E-state index contributed by atoms with van der Waals surface area (Å²) in [5.41, 5.74) is 7.05. The Morgan fingerprint density at radius 3 is 2.79 bits per heavy atom. The number of carbonyl (C=O) groups is 2. The number of hydrogen-bond donors (Lipinski definition) is 4. The lowest BCUT2D eigenvalue weighted by atomic mass is 10.3. The molecule has 1 aliphatic heterocycles. The fourth-order valence-electron chi connectivity index (χ4n) is 1.34. The van der Waals surface area contributed by atoms with Crippen LogP contribution in [0, 0.1) is 0 Å². The van der Waals surface area contributed by atoms with Gasteiger partial charge in [-0.25, -0.2) is 10.3 Å². The van der Waals surface area contributed by atoms with E-state index in [2.05, 4.69) is 5.32 Å². The zero-order chi connectivity index (χ0) is 10.6. The first-order valence-electron chi connectivity index (χ1n) is 4.38. The predicted octanol–water partition coefficient (Wildman–Crippen LogP) is -1.42. The van der Waals surface area contributed by atoms with Gasteiger partial charge in [-0.3, -0.25) is 10.0 Å². The van der Waals surface area contributed by atoms with Crippen LogP contribution in [0.5, 0.6) is 0 Å². The van der Waals surface area contributed by atoms with E-state index in [0.29, 0.717) is 6.54 Å². The van der Waals surface area contributed by atoms with E-state index in [9.17, 15) is 9.59 Å². The van der Waals surface area contributed by atoms with Crippen LogP contribution in [0.1, 0.15) is 12.8 Å². The van der Waals surface area contributed by atoms with Crippen molar-refractivity contribution in [3.63, 3.8) is 0 Å². The molecule has 80 valence electrons. The Morgan fingerprint density at radius 2 is 2.29 bits per heavy atom. The molecule has 7 heteroatoms. The summed E-state index contributed by atoms with van der Waals surface area (Å²) >= 11 is 0. The summed E-state index contributed by atoms with van der Waals surface area (Å²) in [6, 6.07) is -0.376. The predicted molar refractivity (Wildman–Crippen MR) is 47.2 cm³/mol. The van der Waals surface area contributed by atoms with Crippen molar-refractivity contribution in [2.24, 2.45) is 5.73 Å². The van der Waals surface area contributed by atoms with Crippen molar-refractivity contribution in [3.8, 4) is 0 Å². The average Bonchev–Trinajstić information content (AvgIpc) is 2.60. The number of hydrogen-bond acceptors (Lipinski definition) is 4. The van der Waals surface area contributed by atoms with Crippen molar-refractivity contribution in [1.82, 2.24) is 15.7 Å². The van der Waals surface area contributed by atoms with Gasteiger partial charge in [-0.05, 0) is 12.8 Å². The fraction of sp³-hybridized carbons (Fsp3) is 0.714. The van der Waals surface area contributed by atoms with Crippen molar-refractivity contribution in [2.75, 3.05) is 13.1 Å². The third-order valence-electron chi connectivity index (χ3n) is 2.08. The third kappa shape index (κ3) is 2.57. The van der Waals surface area contributed by atoms with Gasteiger partial charge in [0, 0.05) is 6.54 Å². The van der Waals surface area contributed by atoms with Crippen LogP contribution in [-0.2, 0) is 4.79 Å². The standard InChI is InChI=1S/C7H14N4O3/c8-5-2-1-3-11(5)7(13)9-4-6(12)10-14/h5,14H,1-4,8H2,(H,9,13)(H,10,12). The van der Waals surface area contributed by atoms with Gasteiger partial charge in [0.25, 0.3) is 5.91 Å². The lowest BCUT2D eigenvalue weighted by Crippen LogP contribution is -2.48. The highest BCUT2D eigenvalue weighted by atomic mass is 16.5. The minimum absolute atomic E-state index is 0.251. The first-order chi connectivity index (χ1) is 6.65. The first kappa shape index (κ1) is 10.7. The van der Waals surface area contributed by atoms with Crippen molar-refractivity contribution >= 4 is 11.9 Å². The Bertz CT molecular complexity index is 233. The molecule has 1 heterocycles. The maximum atomic E-state index is 11.3. The Hall–Kier alpha value is -1.34. The van der Waals surface area contributed by atoms with Gasteiger partial charge in [0.05, 0.1) is 6.17 Å². The Kier molecular flexibility index (Phi) is 3.66. The van der Waals surface area contributed by atoms with E-state index in [1.54, 1.807) is 0 Å². The summed E-state index contributed by atoms with van der Waals surface area (Å²) in [5.74, 6) is -0.661. The molecule has 1 fully saturated rings. The second-order valence-corrected chi connectivity index (χ2v) is 3.10. The quantitative estimate of drug-likeness (QED) is 0.325. The van der Waals surface area contributed by atoms with Crippen LogP contribution in [0.2, 0.25) is 0 Å². The van der Waals surface area contributed by atoms with Crippen molar-refractivity contribution < 1.29 is 14.8 Å². The highest BCUT2D eigenvalue weighted by molar-refractivity contribution is 5.83. The lowest BCUT2D eigenvalue weighted by molar-refractivity contribution is -0.128. The summed E-state index contributed by atoms with van der Waals surface area (Å²) < 4.78 is 0. The minimum Gasteiger partial charge on any atom is -0.329 e. The molecule has 0 aliphatic carbocycles. The molecule has 5 N–H and O–H groups in total. The summed E-state index contributed by atoms with van der Waals surface area (Å²) in [4.78, 5) is 23.4. The Labute approximate surface area is 81.2 Å². The van der Waals surface area contributed by atoms with E-state index in [-0.39, 0.29) is 18.7 Å². The van der Waals surface area contributed by atoms with Crippen LogP contribution in [0.3, 0.4) is 0 Å². The number of hydroxylamine groups is 1. The molecule has 0 bridgehead atoms. The first-order valence-corrected chi connectivity index (χ1v) is 4.38. The summed E-state index contributed by atoms with van der Waals surface area (Å²) in [7, 11) is 0. The van der Waals surface area contributed by atoms with E-state index >= 15 is 0 Å². The second-order valence-electron chi connectivity index (χ2n) is 3.10. The molecule has 7 nitrogen and oxygen atoms in total. The molecule has 3 amide bonds. The average molecular weight is 202 g/mol. The molecular weight excluding hydrogens is 188 g/mol. The number of carbonyl (C=O) groups excluding carboxylic acids is 2. The van der Waals surface area contributed by atoms with E-state index < -0.39 is 5.91 Å². The van der Waals surface area contributed by atoms with E-state index in [4.69, 9.17) is 10.9 Å². The maximum absolute atomic E-state index is 11.3. The molecule has 0 aromatic rings. The van der Waals surface area contributed by atoms with Gasteiger partial charge in [-0.15, -0.1) is 0 Å². The summed E-state index contributed by atoms with van der Waals surface area (Å²) in [6.07, 6.45) is 1.38. The Balaban J connectivity index is 2.31. The molecule has 1 saturated heterocycles. The number of nitrogens with zero attached hydrogens (tertiary/aromatic N) is 1. The lowest BCUT2D eigenvalue weighted by Gasteiger charge is -2.21. The van der Waals surface area contributed by atoms with E-state index in [0.717, 1.165) is 12.8 Å². The van der Waals surface area contributed by atoms with Gasteiger partial charge in [-0.2, -0.15) is 0 Å². The number of urea groups is 1. The third-order valence-corrected chi connectivity index (χ3v) is 2.08. The highest BCUT2D eigenvalue weighted by Crippen LogP contribution is 2.11. The van der Waals surface area contributed by atoms with Crippen LogP contribution in [-0.4, -0.2) is 41.3 Å². The van der Waals surface area contributed by atoms with Crippen LogP contribution in [0.15, 0.2) is 0 Å². The molecule has 0 radical (unpaired) electrons. The van der Waals surface area contributed by atoms with E-state index in [1.807, 2.05) is 0 Å². The Morgan fingerprint density at radius 1 is 1.57 bits per heavy atom. The number of rotatable bonds is 2. The monoisotopic (exact) mass is 202 g/mol. The van der Waals surface area contributed by atoms with Crippen LogP contribution >= 0.6 is 0 Å². The molecule has 0 spiro atoms. The van der Waals surface area contributed by atoms with E-state index in [1.165, 1.54) is 10.4 Å². The smallest absolute Gasteiger partial charge is 0.319 e. The van der Waals surface area contributed by atoms with Crippen molar-refractivity contribution in [1.29, 1.82) is 0 Å². The minimum atomic E-state index is -0.661. The largest absolute Gasteiger partial charge is 0.329 e. The summed E-state index contributed by atoms with van der Waals surface area (Å²) in [6.45, 7) is 0.353. The molecule has 0 saturated carbocycles. The normalized spacial score (nSPS) is 20.7. The van der Waals surface area contributed by atoms with Crippen molar-refractivity contribution in [2.45, 2.75) is 19.0 Å². The maximum Gasteiger partial charge on any atom is 0.319 e. The molecule has 0 aromatic heterocycles. The number of nitrogens with two attached hydrogens (primary N) is 1. The van der Waals surface area contributed by atoms with Gasteiger partial charge in [0.15, 0.2) is 0 Å². The van der Waals surface area contributed by atoms with Crippen LogP contribution in [0.4, 0.5) is 4.79 Å². The van der Waals surface area contributed by atoms with Crippen LogP contribution in [0.25, 0.3) is 0 Å². The van der Waals surface area contributed by atoms with Gasteiger partial charge in [-0.1, -0.05) is 0 Å². The SMILES string of the molecule is NC1CCCN1C(=O)NCC(=O)NO. The number of nitrogens with one attached hydrogen (secondary N) is 2. The second kappa shape index (κ2) is 4.77. The van der Waals surface area contributed by atoms with Gasteiger partial charge in [0.2, 0.25) is 0 Å². The zero-order valence-corrected chi connectivity index (χ0v) is 7.69.